The van der Waals surface area contributed by atoms with Gasteiger partial charge in [-0.2, -0.15) is 0 Å². The Morgan fingerprint density at radius 1 is 0.941 bits per heavy atom. The number of nitrogens with zero attached hydrogens (tertiary/aromatic N) is 1. The number of nitrogens with one attached hydrogen (secondary N) is 1. The fraction of sp³-hybridized carbons (Fsp3) is 1.00. The summed E-state index contributed by atoms with van der Waals surface area (Å²) in [6, 6.07) is 0.872. The van der Waals surface area contributed by atoms with Crippen LogP contribution in [-0.4, -0.2) is 36.1 Å². The molecule has 0 aromatic carbocycles. The van der Waals surface area contributed by atoms with Crippen LogP contribution in [0.4, 0.5) is 0 Å². The molecular weight excluding hydrogens is 208 g/mol. The quantitative estimate of drug-likeness (QED) is 0.706. The number of rotatable bonds is 1. The largest absolute Gasteiger partial charge is 0.311 e. The van der Waals surface area contributed by atoms with Crippen LogP contribution in [0.25, 0.3) is 0 Å². The van der Waals surface area contributed by atoms with Gasteiger partial charge in [0.1, 0.15) is 0 Å². The predicted octanol–water partition coefficient (Wildman–Crippen LogP) is 3.17. The first-order chi connectivity index (χ1) is 8.17. The third-order valence-corrected chi connectivity index (χ3v) is 4.42. The molecule has 0 amide bonds. The van der Waals surface area contributed by atoms with Gasteiger partial charge in [-0.1, -0.05) is 25.7 Å². The molecule has 1 heterocycles. The topological polar surface area (TPSA) is 15.3 Å². The van der Waals surface area contributed by atoms with Crippen LogP contribution in [-0.2, 0) is 0 Å². The summed E-state index contributed by atoms with van der Waals surface area (Å²) in [7, 11) is 0. The minimum Gasteiger partial charge on any atom is -0.311 e. The van der Waals surface area contributed by atoms with Crippen molar-refractivity contribution in [3.63, 3.8) is 0 Å². The van der Waals surface area contributed by atoms with Crippen LogP contribution in [0.2, 0.25) is 0 Å². The third kappa shape index (κ3) is 4.26. The van der Waals surface area contributed by atoms with E-state index in [0.717, 1.165) is 6.04 Å². The van der Waals surface area contributed by atoms with E-state index in [2.05, 4.69) is 24.1 Å². The summed E-state index contributed by atoms with van der Waals surface area (Å²) in [4.78, 5) is 2.79. The first-order valence-corrected chi connectivity index (χ1v) is 7.66. The molecule has 17 heavy (non-hydrogen) atoms. The van der Waals surface area contributed by atoms with Crippen LogP contribution in [0.15, 0.2) is 0 Å². The van der Waals surface area contributed by atoms with E-state index in [1.807, 2.05) is 0 Å². The Kier molecular flexibility index (Phi) is 4.87. The normalized spacial score (nSPS) is 29.3. The van der Waals surface area contributed by atoms with Gasteiger partial charge in [0.05, 0.1) is 0 Å². The minimum absolute atomic E-state index is 0.298. The molecule has 2 aliphatic rings. The van der Waals surface area contributed by atoms with E-state index in [1.165, 1.54) is 71.0 Å². The Morgan fingerprint density at radius 2 is 1.65 bits per heavy atom. The highest BCUT2D eigenvalue weighted by atomic mass is 15.2. The standard InChI is InChI=1S/C15H30N2/c1-15(2)13-17(12-8-7-11-16-15)14-9-5-3-4-6-10-14/h14,16H,3-13H2,1-2H3. The molecular formula is C15H30N2. The second kappa shape index (κ2) is 6.19. The average molecular weight is 238 g/mol. The molecule has 2 rings (SSSR count). The van der Waals surface area contributed by atoms with E-state index in [1.54, 1.807) is 0 Å². The van der Waals surface area contributed by atoms with Gasteiger partial charge >= 0.3 is 0 Å². The van der Waals surface area contributed by atoms with Gasteiger partial charge in [-0.3, -0.25) is 4.90 Å². The molecule has 0 bridgehead atoms. The molecule has 1 aliphatic heterocycles. The fourth-order valence-corrected chi connectivity index (χ4v) is 3.44. The number of hydrogen-bond acceptors (Lipinski definition) is 2. The van der Waals surface area contributed by atoms with Crippen LogP contribution < -0.4 is 5.32 Å². The average Bonchev–Trinajstić information content (AvgIpc) is 2.52. The molecule has 0 spiro atoms. The van der Waals surface area contributed by atoms with Gasteiger partial charge in [0.2, 0.25) is 0 Å². The molecule has 1 N–H and O–H groups in total. The molecule has 0 aromatic rings. The lowest BCUT2D eigenvalue weighted by atomic mass is 9.98. The van der Waals surface area contributed by atoms with Crippen molar-refractivity contribution in [1.29, 1.82) is 0 Å². The highest BCUT2D eigenvalue weighted by molar-refractivity contribution is 4.87. The maximum Gasteiger partial charge on any atom is 0.0252 e. The zero-order valence-electron chi connectivity index (χ0n) is 11.8. The lowest BCUT2D eigenvalue weighted by Crippen LogP contribution is -2.53. The molecule has 2 nitrogen and oxygen atoms in total. The van der Waals surface area contributed by atoms with Crippen molar-refractivity contribution >= 4 is 0 Å². The van der Waals surface area contributed by atoms with Crippen molar-refractivity contribution in [3.8, 4) is 0 Å². The minimum atomic E-state index is 0.298. The Labute approximate surface area is 107 Å². The smallest absolute Gasteiger partial charge is 0.0252 e. The third-order valence-electron chi connectivity index (χ3n) is 4.42. The highest BCUT2D eigenvalue weighted by Crippen LogP contribution is 2.24. The maximum atomic E-state index is 3.70. The highest BCUT2D eigenvalue weighted by Gasteiger charge is 2.27. The fourth-order valence-electron chi connectivity index (χ4n) is 3.44. The van der Waals surface area contributed by atoms with Crippen molar-refractivity contribution < 1.29 is 0 Å². The molecule has 0 radical (unpaired) electrons. The molecule has 1 aliphatic carbocycles. The van der Waals surface area contributed by atoms with Gasteiger partial charge in [0, 0.05) is 18.1 Å². The van der Waals surface area contributed by atoms with E-state index >= 15 is 0 Å². The Bertz CT molecular complexity index is 217. The van der Waals surface area contributed by atoms with Crippen molar-refractivity contribution in [2.75, 3.05) is 19.6 Å². The summed E-state index contributed by atoms with van der Waals surface area (Å²) in [6.07, 6.45) is 11.4. The molecule has 100 valence electrons. The summed E-state index contributed by atoms with van der Waals surface area (Å²) >= 11 is 0. The Balaban J connectivity index is 1.95. The van der Waals surface area contributed by atoms with Gasteiger partial charge in [0.25, 0.3) is 0 Å². The summed E-state index contributed by atoms with van der Waals surface area (Å²) in [5.41, 5.74) is 0.298. The SMILES string of the molecule is CC1(C)CN(C2CCCCCC2)CCCCN1. The molecule has 0 atom stereocenters. The van der Waals surface area contributed by atoms with Crippen LogP contribution in [0.3, 0.4) is 0 Å². The molecule has 1 saturated heterocycles. The molecule has 1 saturated carbocycles. The Hall–Kier alpha value is -0.0800. The summed E-state index contributed by atoms with van der Waals surface area (Å²) in [5.74, 6) is 0. The first-order valence-electron chi connectivity index (χ1n) is 7.66. The second-order valence-corrected chi connectivity index (χ2v) is 6.63. The number of hydrogen-bond donors (Lipinski definition) is 1. The Morgan fingerprint density at radius 3 is 2.35 bits per heavy atom. The van der Waals surface area contributed by atoms with E-state index in [-0.39, 0.29) is 0 Å². The molecule has 0 unspecified atom stereocenters. The van der Waals surface area contributed by atoms with E-state index in [9.17, 15) is 0 Å². The second-order valence-electron chi connectivity index (χ2n) is 6.63. The van der Waals surface area contributed by atoms with E-state index in [4.69, 9.17) is 0 Å². The lowest BCUT2D eigenvalue weighted by Gasteiger charge is -2.40. The maximum absolute atomic E-state index is 3.70. The zero-order chi connectivity index (χ0) is 12.1. The van der Waals surface area contributed by atoms with Crippen molar-refractivity contribution in [3.05, 3.63) is 0 Å². The van der Waals surface area contributed by atoms with Gasteiger partial charge in [0.15, 0.2) is 0 Å². The summed E-state index contributed by atoms with van der Waals surface area (Å²) in [6.45, 7) is 8.49. The van der Waals surface area contributed by atoms with E-state index < -0.39 is 0 Å². The van der Waals surface area contributed by atoms with Crippen LogP contribution >= 0.6 is 0 Å². The molecule has 2 fully saturated rings. The van der Waals surface area contributed by atoms with Crippen LogP contribution in [0.5, 0.6) is 0 Å². The van der Waals surface area contributed by atoms with Crippen LogP contribution in [0, 0.1) is 0 Å². The first kappa shape index (κ1) is 13.4. The van der Waals surface area contributed by atoms with Crippen molar-refractivity contribution in [1.82, 2.24) is 10.2 Å². The summed E-state index contributed by atoms with van der Waals surface area (Å²) in [5, 5.41) is 3.70. The van der Waals surface area contributed by atoms with E-state index in [0.29, 0.717) is 5.54 Å². The van der Waals surface area contributed by atoms with Gasteiger partial charge < -0.3 is 5.32 Å². The van der Waals surface area contributed by atoms with Gasteiger partial charge in [-0.25, -0.2) is 0 Å². The van der Waals surface area contributed by atoms with Gasteiger partial charge in [-0.05, 0) is 52.6 Å². The molecule has 0 aromatic heterocycles. The molecule has 2 heteroatoms. The lowest BCUT2D eigenvalue weighted by molar-refractivity contribution is 0.121. The van der Waals surface area contributed by atoms with Crippen molar-refractivity contribution in [2.45, 2.75) is 76.8 Å². The van der Waals surface area contributed by atoms with Gasteiger partial charge in [-0.15, -0.1) is 0 Å². The summed E-state index contributed by atoms with van der Waals surface area (Å²) < 4.78 is 0. The predicted molar refractivity (Wildman–Crippen MR) is 74.4 cm³/mol. The monoisotopic (exact) mass is 238 g/mol. The van der Waals surface area contributed by atoms with Crippen molar-refractivity contribution in [2.24, 2.45) is 0 Å². The zero-order valence-corrected chi connectivity index (χ0v) is 11.8. The van der Waals surface area contributed by atoms with Crippen LogP contribution in [0.1, 0.15) is 65.2 Å².